The van der Waals surface area contributed by atoms with Crippen LogP contribution in [-0.2, 0) is 15.8 Å². The van der Waals surface area contributed by atoms with Crippen molar-refractivity contribution in [3.63, 3.8) is 0 Å². The summed E-state index contributed by atoms with van der Waals surface area (Å²) in [4.78, 5) is 12.7. The van der Waals surface area contributed by atoms with Crippen molar-refractivity contribution in [1.82, 2.24) is 14.5 Å². The number of rotatable bonds is 9. The number of aromatic nitrogens is 2. The van der Waals surface area contributed by atoms with Gasteiger partial charge in [-0.15, -0.1) is 10.2 Å². The fourth-order valence-electron chi connectivity index (χ4n) is 3.32. The predicted octanol–water partition coefficient (Wildman–Crippen LogP) is 4.22. The van der Waals surface area contributed by atoms with Crippen LogP contribution in [-0.4, -0.2) is 48.3 Å². The summed E-state index contributed by atoms with van der Waals surface area (Å²) in [6.07, 6.45) is 1.78. The lowest BCUT2D eigenvalue weighted by Gasteiger charge is -2.15. The molecule has 0 bridgehead atoms. The lowest BCUT2D eigenvalue weighted by molar-refractivity contribution is 0.101. The third-order valence-electron chi connectivity index (χ3n) is 5.17. The Morgan fingerprint density at radius 3 is 2.44 bits per heavy atom. The van der Waals surface area contributed by atoms with E-state index in [1.165, 1.54) is 38.9 Å². The maximum absolute atomic E-state index is 12.6. The van der Waals surface area contributed by atoms with Gasteiger partial charge in [0.25, 0.3) is 0 Å². The Balaban J connectivity index is 1.29. The Morgan fingerprint density at radius 2 is 1.75 bits per heavy atom. The highest BCUT2D eigenvalue weighted by Gasteiger charge is 2.27. The second kappa shape index (κ2) is 10.1. The fourth-order valence-corrected chi connectivity index (χ4v) is 6.54. The first-order valence-corrected chi connectivity index (χ1v) is 13.6. The van der Waals surface area contributed by atoms with Gasteiger partial charge in [0.2, 0.25) is 15.2 Å². The summed E-state index contributed by atoms with van der Waals surface area (Å²) in [5, 5.41) is 11.9. The highest BCUT2D eigenvalue weighted by Crippen LogP contribution is 2.28. The Labute approximate surface area is 196 Å². The number of thioether (sulfide) groups is 1. The highest BCUT2D eigenvalue weighted by molar-refractivity contribution is 8.00. The monoisotopic (exact) mass is 488 g/mol. The molecule has 1 aliphatic rings. The number of aryl methyl sites for hydroxylation is 1. The molecule has 1 aliphatic heterocycles. The molecule has 2 heterocycles. The van der Waals surface area contributed by atoms with E-state index in [1.54, 1.807) is 23.9 Å². The van der Waals surface area contributed by atoms with Gasteiger partial charge in [0.15, 0.2) is 10.1 Å². The zero-order chi connectivity index (χ0) is 22.6. The second-order valence-electron chi connectivity index (χ2n) is 7.56. The van der Waals surface area contributed by atoms with Crippen LogP contribution < -0.4 is 5.32 Å². The van der Waals surface area contributed by atoms with Gasteiger partial charge in [-0.3, -0.25) is 4.79 Å². The molecule has 0 unspecified atom stereocenters. The quantitative estimate of drug-likeness (QED) is 0.356. The van der Waals surface area contributed by atoms with E-state index in [0.717, 1.165) is 22.9 Å². The van der Waals surface area contributed by atoms with Crippen molar-refractivity contribution in [3.05, 3.63) is 65.2 Å². The molecule has 0 atom stereocenters. The minimum atomic E-state index is -3.47. The van der Waals surface area contributed by atoms with Gasteiger partial charge >= 0.3 is 0 Å². The standard InChI is InChI=1S/C22H24N4O3S3/c1-16-4-6-17(7-5-16)15-30-22-25-24-21(31-22)23-14-20(27)18-8-10-19(11-9-18)32(28,29)26-12-2-3-13-26/h4-11H,2-3,12-15H2,1H3,(H,23,24). The summed E-state index contributed by atoms with van der Waals surface area (Å²) < 4.78 is 27.5. The number of ketones is 1. The van der Waals surface area contributed by atoms with Crippen LogP contribution in [0.4, 0.5) is 5.13 Å². The molecule has 4 rings (SSSR count). The molecular formula is C22H24N4O3S3. The number of nitrogens with one attached hydrogen (secondary N) is 1. The van der Waals surface area contributed by atoms with Crippen LogP contribution in [0.5, 0.6) is 0 Å². The molecular weight excluding hydrogens is 464 g/mol. The molecule has 0 saturated carbocycles. The van der Waals surface area contributed by atoms with Gasteiger partial charge < -0.3 is 5.32 Å². The zero-order valence-electron chi connectivity index (χ0n) is 17.7. The van der Waals surface area contributed by atoms with Crippen LogP contribution in [0.1, 0.15) is 34.3 Å². The minimum Gasteiger partial charge on any atom is -0.353 e. The summed E-state index contributed by atoms with van der Waals surface area (Å²) in [7, 11) is -3.47. The van der Waals surface area contributed by atoms with Crippen molar-refractivity contribution >= 4 is 44.0 Å². The summed E-state index contributed by atoms with van der Waals surface area (Å²) in [5.41, 5.74) is 2.90. The number of carbonyl (C=O) groups excluding carboxylic acids is 1. The van der Waals surface area contributed by atoms with E-state index in [0.29, 0.717) is 23.8 Å². The Morgan fingerprint density at radius 1 is 1.06 bits per heavy atom. The van der Waals surface area contributed by atoms with Crippen LogP contribution in [0.2, 0.25) is 0 Å². The Hall–Kier alpha value is -2.27. The number of Topliss-reactive ketones (excluding diaryl/α,β-unsaturated/α-hetero) is 1. The topological polar surface area (TPSA) is 92.3 Å². The molecule has 3 aromatic rings. The number of hydrogen-bond donors (Lipinski definition) is 1. The highest BCUT2D eigenvalue weighted by atomic mass is 32.2. The molecule has 10 heteroatoms. The summed E-state index contributed by atoms with van der Waals surface area (Å²) in [5.74, 6) is 0.666. The molecule has 0 aliphatic carbocycles. The molecule has 1 fully saturated rings. The minimum absolute atomic E-state index is 0.0650. The van der Waals surface area contributed by atoms with Gasteiger partial charge in [0, 0.05) is 24.4 Å². The van der Waals surface area contributed by atoms with Gasteiger partial charge in [-0.05, 0) is 49.6 Å². The molecule has 1 aromatic heterocycles. The lowest BCUT2D eigenvalue weighted by atomic mass is 10.1. The Bertz CT molecular complexity index is 1170. The number of benzene rings is 2. The lowest BCUT2D eigenvalue weighted by Crippen LogP contribution is -2.27. The summed E-state index contributed by atoms with van der Waals surface area (Å²) in [6.45, 7) is 3.24. The molecule has 1 N–H and O–H groups in total. The second-order valence-corrected chi connectivity index (χ2v) is 11.7. The smallest absolute Gasteiger partial charge is 0.243 e. The van der Waals surface area contributed by atoms with Gasteiger partial charge in [0.1, 0.15) is 0 Å². The molecule has 1 saturated heterocycles. The van der Waals surface area contributed by atoms with Crippen LogP contribution in [0.3, 0.4) is 0 Å². The van der Waals surface area contributed by atoms with Gasteiger partial charge in [-0.25, -0.2) is 8.42 Å². The number of hydrogen-bond acceptors (Lipinski definition) is 8. The van der Waals surface area contributed by atoms with Crippen molar-refractivity contribution in [2.75, 3.05) is 25.0 Å². The van der Waals surface area contributed by atoms with E-state index in [1.807, 2.05) is 0 Å². The summed E-state index contributed by atoms with van der Waals surface area (Å²) in [6, 6.07) is 14.5. The number of carbonyl (C=O) groups is 1. The average Bonchev–Trinajstić information content (AvgIpc) is 3.50. The van der Waals surface area contributed by atoms with Gasteiger partial charge in [-0.1, -0.05) is 52.9 Å². The van der Waals surface area contributed by atoms with E-state index in [2.05, 4.69) is 46.7 Å². The third-order valence-corrected chi connectivity index (χ3v) is 9.17. The van der Waals surface area contributed by atoms with Crippen LogP contribution in [0.15, 0.2) is 57.8 Å². The average molecular weight is 489 g/mol. The first-order chi connectivity index (χ1) is 15.4. The Kier molecular flexibility index (Phi) is 7.24. The number of nitrogens with zero attached hydrogens (tertiary/aromatic N) is 3. The number of anilines is 1. The van der Waals surface area contributed by atoms with E-state index in [-0.39, 0.29) is 17.2 Å². The van der Waals surface area contributed by atoms with Crippen LogP contribution in [0, 0.1) is 6.92 Å². The molecule has 0 spiro atoms. The van der Waals surface area contributed by atoms with Gasteiger partial charge in [-0.2, -0.15) is 4.31 Å². The maximum Gasteiger partial charge on any atom is 0.243 e. The van der Waals surface area contributed by atoms with Gasteiger partial charge in [0.05, 0.1) is 11.4 Å². The largest absolute Gasteiger partial charge is 0.353 e. The van der Waals surface area contributed by atoms with E-state index >= 15 is 0 Å². The molecule has 0 radical (unpaired) electrons. The van der Waals surface area contributed by atoms with Crippen LogP contribution in [0.25, 0.3) is 0 Å². The van der Waals surface area contributed by atoms with E-state index < -0.39 is 10.0 Å². The molecule has 32 heavy (non-hydrogen) atoms. The van der Waals surface area contributed by atoms with Crippen molar-refractivity contribution in [1.29, 1.82) is 0 Å². The van der Waals surface area contributed by atoms with Crippen molar-refractivity contribution in [2.45, 2.75) is 34.8 Å². The molecule has 2 aromatic carbocycles. The van der Waals surface area contributed by atoms with Crippen molar-refractivity contribution < 1.29 is 13.2 Å². The maximum atomic E-state index is 12.6. The fraction of sp³-hybridized carbons (Fsp3) is 0.318. The van der Waals surface area contributed by atoms with Crippen molar-refractivity contribution in [3.8, 4) is 0 Å². The third kappa shape index (κ3) is 5.55. The molecule has 0 amide bonds. The van der Waals surface area contributed by atoms with Crippen LogP contribution >= 0.6 is 23.1 Å². The predicted molar refractivity (Wildman–Crippen MR) is 128 cm³/mol. The van der Waals surface area contributed by atoms with E-state index in [9.17, 15) is 13.2 Å². The molecule has 7 nitrogen and oxygen atoms in total. The number of sulfonamides is 1. The summed E-state index contributed by atoms with van der Waals surface area (Å²) >= 11 is 3.01. The van der Waals surface area contributed by atoms with E-state index in [4.69, 9.17) is 0 Å². The normalized spacial score (nSPS) is 14.5. The molecule has 168 valence electrons. The van der Waals surface area contributed by atoms with Crippen molar-refractivity contribution in [2.24, 2.45) is 0 Å². The first-order valence-electron chi connectivity index (χ1n) is 10.3. The zero-order valence-corrected chi connectivity index (χ0v) is 20.1. The first kappa shape index (κ1) is 22.9. The SMILES string of the molecule is Cc1ccc(CSc2nnc(NCC(=O)c3ccc(S(=O)(=O)N4CCCC4)cc3)s2)cc1.